The Morgan fingerprint density at radius 1 is 1.48 bits per heavy atom. The van der Waals surface area contributed by atoms with Crippen LogP contribution in [0.2, 0.25) is 0 Å². The first-order valence-corrected chi connectivity index (χ1v) is 7.75. The fourth-order valence-corrected chi connectivity index (χ4v) is 2.28. The zero-order valence-electron chi connectivity index (χ0n) is 14.7. The van der Waals surface area contributed by atoms with Crippen LogP contribution in [0.1, 0.15) is 36.8 Å². The number of benzene rings is 1. The molecule has 0 aliphatic rings. The van der Waals surface area contributed by atoms with E-state index in [0.717, 1.165) is 0 Å². The van der Waals surface area contributed by atoms with Crippen LogP contribution in [0.5, 0.6) is 5.75 Å². The third-order valence-electron chi connectivity index (χ3n) is 4.41. The van der Waals surface area contributed by atoms with Gasteiger partial charge in [-0.25, -0.2) is 9.07 Å². The number of rotatable bonds is 5. The monoisotopic (exact) mass is 370 g/mol. The van der Waals surface area contributed by atoms with Crippen molar-refractivity contribution in [2.75, 3.05) is 6.54 Å². The smallest absolute Gasteiger partial charge is 0.276 e. The van der Waals surface area contributed by atoms with Crippen LogP contribution in [0.15, 0.2) is 24.4 Å². The predicted molar refractivity (Wildman–Crippen MR) is 96.9 cm³/mol. The maximum absolute atomic E-state index is 13.2. The molecule has 138 valence electrons. The van der Waals surface area contributed by atoms with Gasteiger partial charge >= 0.3 is 0 Å². The number of hydrogen-bond donors (Lipinski definition) is 3. The highest BCUT2D eigenvalue weighted by atomic mass is 35.5. The molecule has 0 saturated heterocycles. The summed E-state index contributed by atoms with van der Waals surface area (Å²) in [6, 6.07) is 4.19. The fraction of sp³-hybridized carbons (Fsp3) is 0.412. The Kier molecular flexibility index (Phi) is 6.56. The maximum atomic E-state index is 13.2. The van der Waals surface area contributed by atoms with Gasteiger partial charge in [0, 0.05) is 6.54 Å². The lowest BCUT2D eigenvalue weighted by Crippen LogP contribution is -2.55. The summed E-state index contributed by atoms with van der Waals surface area (Å²) in [6.07, 6.45) is 1.32. The van der Waals surface area contributed by atoms with E-state index in [-0.39, 0.29) is 42.1 Å². The lowest BCUT2D eigenvalue weighted by Gasteiger charge is -2.33. The molecule has 1 aromatic carbocycles. The van der Waals surface area contributed by atoms with E-state index in [1.54, 1.807) is 6.92 Å². The molecule has 0 aliphatic heterocycles. The molecule has 0 saturated carbocycles. The van der Waals surface area contributed by atoms with Gasteiger partial charge in [-0.3, -0.25) is 4.79 Å². The summed E-state index contributed by atoms with van der Waals surface area (Å²) in [5.41, 5.74) is 6.27. The van der Waals surface area contributed by atoms with Gasteiger partial charge in [-0.05, 0) is 43.5 Å². The SMILES string of the molecule is Cc1cc(F)ccc1-n1cc(O)c(C(=O)NC(C)(CN)C(C)C)n1.Cl. The zero-order valence-corrected chi connectivity index (χ0v) is 15.5. The van der Waals surface area contributed by atoms with Gasteiger partial charge in [-0.1, -0.05) is 13.8 Å². The summed E-state index contributed by atoms with van der Waals surface area (Å²) in [4.78, 5) is 12.5. The molecule has 2 rings (SSSR count). The highest BCUT2D eigenvalue weighted by molar-refractivity contribution is 5.95. The molecular weight excluding hydrogens is 347 g/mol. The molecule has 8 heteroatoms. The van der Waals surface area contributed by atoms with Gasteiger partial charge in [-0.15, -0.1) is 12.4 Å². The number of hydrogen-bond acceptors (Lipinski definition) is 4. The first kappa shape index (κ1) is 20.9. The van der Waals surface area contributed by atoms with Gasteiger partial charge in [0.15, 0.2) is 11.4 Å². The van der Waals surface area contributed by atoms with Crippen LogP contribution in [0.25, 0.3) is 5.69 Å². The van der Waals surface area contributed by atoms with E-state index in [2.05, 4.69) is 10.4 Å². The zero-order chi connectivity index (χ0) is 18.1. The predicted octanol–water partition coefficient (Wildman–Crippen LogP) is 2.55. The van der Waals surface area contributed by atoms with Crippen LogP contribution in [-0.4, -0.2) is 32.9 Å². The second-order valence-corrected chi connectivity index (χ2v) is 6.47. The minimum Gasteiger partial charge on any atom is -0.504 e. The quantitative estimate of drug-likeness (QED) is 0.754. The van der Waals surface area contributed by atoms with Crippen LogP contribution in [-0.2, 0) is 0 Å². The number of nitrogens with zero attached hydrogens (tertiary/aromatic N) is 2. The Balaban J connectivity index is 0.00000312. The van der Waals surface area contributed by atoms with E-state index < -0.39 is 11.4 Å². The molecule has 4 N–H and O–H groups in total. The van der Waals surface area contributed by atoms with Crippen LogP contribution in [0.3, 0.4) is 0 Å². The summed E-state index contributed by atoms with van der Waals surface area (Å²) in [5.74, 6) is -1.01. The van der Waals surface area contributed by atoms with Crippen LogP contribution in [0.4, 0.5) is 4.39 Å². The third-order valence-corrected chi connectivity index (χ3v) is 4.41. The molecule has 0 radical (unpaired) electrons. The Hall–Kier alpha value is -2.12. The summed E-state index contributed by atoms with van der Waals surface area (Å²) in [5, 5.41) is 17.0. The number of aryl methyl sites for hydroxylation is 1. The molecule has 0 bridgehead atoms. The van der Waals surface area contributed by atoms with Gasteiger partial charge in [0.05, 0.1) is 17.4 Å². The molecule has 1 heterocycles. The second-order valence-electron chi connectivity index (χ2n) is 6.47. The number of carbonyl (C=O) groups is 1. The Bertz CT molecular complexity index is 763. The average molecular weight is 371 g/mol. The minimum atomic E-state index is -0.612. The summed E-state index contributed by atoms with van der Waals surface area (Å²) >= 11 is 0. The van der Waals surface area contributed by atoms with Crippen molar-refractivity contribution < 1.29 is 14.3 Å². The Morgan fingerprint density at radius 3 is 2.64 bits per heavy atom. The third kappa shape index (κ3) is 4.29. The first-order valence-electron chi connectivity index (χ1n) is 7.75. The maximum Gasteiger partial charge on any atom is 0.276 e. The van der Waals surface area contributed by atoms with Crippen molar-refractivity contribution in [2.45, 2.75) is 33.2 Å². The topological polar surface area (TPSA) is 93.2 Å². The van der Waals surface area contributed by atoms with Crippen molar-refractivity contribution >= 4 is 18.3 Å². The minimum absolute atomic E-state index is 0. The average Bonchev–Trinajstić information content (AvgIpc) is 2.88. The molecule has 1 aromatic heterocycles. The van der Waals surface area contributed by atoms with Crippen molar-refractivity contribution in [3.63, 3.8) is 0 Å². The van der Waals surface area contributed by atoms with Crippen molar-refractivity contribution in [1.82, 2.24) is 15.1 Å². The molecular formula is C17H24ClFN4O2. The number of nitrogens with two attached hydrogens (primary N) is 1. The van der Waals surface area contributed by atoms with Gasteiger partial charge in [0.2, 0.25) is 0 Å². The van der Waals surface area contributed by atoms with Crippen molar-refractivity contribution in [2.24, 2.45) is 11.7 Å². The highest BCUT2D eigenvalue weighted by Crippen LogP contribution is 2.22. The normalized spacial score (nSPS) is 13.2. The summed E-state index contributed by atoms with van der Waals surface area (Å²) in [7, 11) is 0. The van der Waals surface area contributed by atoms with Crippen LogP contribution in [0, 0.1) is 18.7 Å². The molecule has 0 spiro atoms. The molecule has 0 aliphatic carbocycles. The van der Waals surface area contributed by atoms with Crippen molar-refractivity contribution in [3.05, 3.63) is 41.5 Å². The lowest BCUT2D eigenvalue weighted by atomic mass is 9.88. The van der Waals surface area contributed by atoms with E-state index in [4.69, 9.17) is 5.73 Å². The number of carbonyl (C=O) groups excluding carboxylic acids is 1. The van der Waals surface area contributed by atoms with Crippen LogP contribution < -0.4 is 11.1 Å². The molecule has 0 fully saturated rings. The van der Waals surface area contributed by atoms with Gasteiger partial charge in [0.25, 0.3) is 5.91 Å². The number of aromatic hydroxyl groups is 1. The van der Waals surface area contributed by atoms with Crippen LogP contribution >= 0.6 is 12.4 Å². The molecule has 1 amide bonds. The first-order chi connectivity index (χ1) is 11.2. The van der Waals surface area contributed by atoms with Crippen molar-refractivity contribution in [1.29, 1.82) is 0 Å². The number of amides is 1. The number of halogens is 2. The molecule has 2 aromatic rings. The Labute approximate surface area is 152 Å². The van der Waals surface area contributed by atoms with E-state index in [9.17, 15) is 14.3 Å². The number of nitrogens with one attached hydrogen (secondary N) is 1. The largest absolute Gasteiger partial charge is 0.504 e. The molecule has 6 nitrogen and oxygen atoms in total. The van der Waals surface area contributed by atoms with Gasteiger partial charge in [-0.2, -0.15) is 5.10 Å². The lowest BCUT2D eigenvalue weighted by molar-refractivity contribution is 0.0875. The van der Waals surface area contributed by atoms with E-state index >= 15 is 0 Å². The Morgan fingerprint density at radius 2 is 2.12 bits per heavy atom. The summed E-state index contributed by atoms with van der Waals surface area (Å²) in [6.45, 7) is 7.73. The van der Waals surface area contributed by atoms with E-state index in [1.165, 1.54) is 29.1 Å². The standard InChI is InChI=1S/C17H23FN4O2.ClH/c1-10(2)17(4,9-19)20-16(24)15-14(23)8-22(21-15)13-6-5-12(18)7-11(13)3;/h5-8,10,23H,9,19H2,1-4H3,(H,20,24);1H. The second kappa shape index (κ2) is 7.84. The van der Waals surface area contributed by atoms with E-state index in [1.807, 2.05) is 20.8 Å². The molecule has 1 atom stereocenters. The summed E-state index contributed by atoms with van der Waals surface area (Å²) < 4.78 is 14.6. The highest BCUT2D eigenvalue weighted by Gasteiger charge is 2.31. The number of aromatic nitrogens is 2. The van der Waals surface area contributed by atoms with E-state index in [0.29, 0.717) is 11.3 Å². The van der Waals surface area contributed by atoms with Gasteiger partial charge < -0.3 is 16.2 Å². The fourth-order valence-electron chi connectivity index (χ4n) is 2.28. The molecule has 25 heavy (non-hydrogen) atoms. The molecule has 1 unspecified atom stereocenters. The van der Waals surface area contributed by atoms with Gasteiger partial charge in [0.1, 0.15) is 5.82 Å². The van der Waals surface area contributed by atoms with Crippen molar-refractivity contribution in [3.8, 4) is 11.4 Å².